The van der Waals surface area contributed by atoms with Crippen molar-refractivity contribution in [1.29, 1.82) is 0 Å². The Labute approximate surface area is 239 Å². The van der Waals surface area contributed by atoms with E-state index in [2.05, 4.69) is 25.7 Å². The van der Waals surface area contributed by atoms with Crippen LogP contribution < -0.4 is 0 Å². The molecule has 0 bridgehead atoms. The number of aliphatic hydroxyl groups excluding tert-OH is 3. The van der Waals surface area contributed by atoms with Crippen LogP contribution >= 0.6 is 0 Å². The number of fused-ring (bicyclic) bond motifs is 1. The molecule has 4 N–H and O–H groups in total. The number of carbonyl (C=O) groups is 2. The maximum absolute atomic E-state index is 12.6. The molecule has 0 aliphatic carbocycles. The maximum atomic E-state index is 12.6. The molecule has 2 aliphatic rings. The first kappa shape index (κ1) is 34.1. The molecule has 40 heavy (non-hydrogen) atoms. The van der Waals surface area contributed by atoms with Crippen molar-refractivity contribution in [2.24, 2.45) is 11.8 Å². The molecular weight excluding hydrogens is 512 g/mol. The van der Waals surface area contributed by atoms with Crippen molar-refractivity contribution < 1.29 is 39.5 Å². The molecule has 0 amide bonds. The van der Waals surface area contributed by atoms with Gasteiger partial charge < -0.3 is 29.9 Å². The fourth-order valence-corrected chi connectivity index (χ4v) is 5.21. The van der Waals surface area contributed by atoms with Crippen molar-refractivity contribution in [1.82, 2.24) is 0 Å². The van der Waals surface area contributed by atoms with E-state index in [-0.39, 0.29) is 25.0 Å². The Hall–Kier alpha value is -2.10. The fourth-order valence-electron chi connectivity index (χ4n) is 5.21. The van der Waals surface area contributed by atoms with Gasteiger partial charge in [-0.3, -0.25) is 4.79 Å². The molecule has 0 aromatic carbocycles. The highest BCUT2D eigenvalue weighted by molar-refractivity contribution is 5.87. The summed E-state index contributed by atoms with van der Waals surface area (Å²) in [6, 6.07) is 0. The molecule has 1 saturated heterocycles. The second-order valence-electron chi connectivity index (χ2n) is 12.2. The third-order valence-electron chi connectivity index (χ3n) is 7.89. The van der Waals surface area contributed by atoms with Crippen LogP contribution in [0.15, 0.2) is 47.6 Å². The molecule has 8 nitrogen and oxygen atoms in total. The Kier molecular flexibility index (Phi) is 13.0. The van der Waals surface area contributed by atoms with Crippen molar-refractivity contribution in [2.45, 2.75) is 129 Å². The van der Waals surface area contributed by atoms with Crippen LogP contribution in [0.2, 0.25) is 0 Å². The lowest BCUT2D eigenvalue weighted by molar-refractivity contribution is -0.146. The zero-order valence-corrected chi connectivity index (χ0v) is 25.0. The normalized spacial score (nSPS) is 42.0. The van der Waals surface area contributed by atoms with E-state index < -0.39 is 54.1 Å². The number of ether oxygens (including phenoxy) is 2. The third-order valence-corrected chi connectivity index (χ3v) is 7.89. The highest BCUT2D eigenvalue weighted by Gasteiger charge is 2.37. The van der Waals surface area contributed by atoms with Crippen LogP contribution in [0.1, 0.15) is 86.5 Å². The van der Waals surface area contributed by atoms with E-state index in [1.807, 2.05) is 12.2 Å². The number of allylic oxidation sites excluding steroid dienone is 4. The highest BCUT2D eigenvalue weighted by Crippen LogP contribution is 2.33. The van der Waals surface area contributed by atoms with Gasteiger partial charge in [0, 0.05) is 18.4 Å². The van der Waals surface area contributed by atoms with Gasteiger partial charge in [0.15, 0.2) is 5.78 Å². The molecule has 0 spiro atoms. The number of hydrogen-bond donors (Lipinski definition) is 4. The third kappa shape index (κ3) is 11.1. The lowest BCUT2D eigenvalue weighted by atomic mass is 9.85. The van der Waals surface area contributed by atoms with E-state index in [1.54, 1.807) is 34.6 Å². The number of esters is 1. The largest absolute Gasteiger partial charge is 0.459 e. The summed E-state index contributed by atoms with van der Waals surface area (Å²) in [5.74, 6) is -1.40. The second kappa shape index (κ2) is 15.2. The summed E-state index contributed by atoms with van der Waals surface area (Å²) in [4.78, 5) is 25.1. The van der Waals surface area contributed by atoms with Crippen LogP contribution in [0.3, 0.4) is 0 Å². The predicted molar refractivity (Wildman–Crippen MR) is 154 cm³/mol. The topological polar surface area (TPSA) is 137 Å². The van der Waals surface area contributed by atoms with Gasteiger partial charge >= 0.3 is 5.97 Å². The minimum absolute atomic E-state index is 0.100. The Morgan fingerprint density at radius 2 is 1.70 bits per heavy atom. The minimum Gasteiger partial charge on any atom is -0.459 e. The average Bonchev–Trinajstić information content (AvgIpc) is 3.58. The van der Waals surface area contributed by atoms with Crippen molar-refractivity contribution >= 4 is 11.8 Å². The molecule has 2 aliphatic heterocycles. The van der Waals surface area contributed by atoms with Crippen LogP contribution in [-0.4, -0.2) is 74.4 Å². The number of epoxide rings is 1. The molecule has 226 valence electrons. The molecule has 0 aromatic rings. The van der Waals surface area contributed by atoms with Gasteiger partial charge in [-0.25, -0.2) is 4.79 Å². The molecule has 8 heteroatoms. The summed E-state index contributed by atoms with van der Waals surface area (Å²) in [6.45, 7) is 14.7. The average molecular weight is 563 g/mol. The number of aliphatic hydroxyl groups is 4. The predicted octanol–water partition coefficient (Wildman–Crippen LogP) is 4.11. The molecule has 9 atom stereocenters. The van der Waals surface area contributed by atoms with Crippen molar-refractivity contribution in [2.75, 3.05) is 0 Å². The van der Waals surface area contributed by atoms with Crippen LogP contribution in [0.4, 0.5) is 0 Å². The number of rotatable bonds is 0. The van der Waals surface area contributed by atoms with Crippen LogP contribution in [0.5, 0.6) is 0 Å². The molecule has 2 heterocycles. The molecule has 0 saturated carbocycles. The number of cyclic esters (lactones) is 1. The van der Waals surface area contributed by atoms with Gasteiger partial charge in [0.2, 0.25) is 0 Å². The SMILES string of the molecule is C=C1/C=C(\C)[C@@](C)(O)C[C@H](O)CC(=O)[C@@H](O)[C@H](O)[C@@H](C)C[C@@H](C)OC(=O)/C(C)=C/CC/C=C/[C@H]2O[C@@H]2C[C@@H](C)C1. The summed E-state index contributed by atoms with van der Waals surface area (Å²) in [5, 5.41) is 42.6. The van der Waals surface area contributed by atoms with Gasteiger partial charge in [-0.05, 0) is 77.2 Å². The van der Waals surface area contributed by atoms with Gasteiger partial charge in [0.25, 0.3) is 0 Å². The minimum atomic E-state index is -1.71. The van der Waals surface area contributed by atoms with Gasteiger partial charge in [-0.2, -0.15) is 0 Å². The standard InChI is InChI=1S/C32H50O8/c1-19-13-20(2)15-28-27(40-28)12-10-8-9-11-21(3)31(37)39-24(6)16-22(4)29(35)30(36)26(34)17-25(33)18-32(7,38)23(5)14-19/h10-12,14,20,22,24-25,27-30,33,35-36,38H,1,8-9,13,15-18H2,2-7H3/b12-10+,21-11+,23-14+/t20-,22-,24+,25+,27+,28+,29+,30+,32-/m0/s1. The van der Waals surface area contributed by atoms with Crippen molar-refractivity contribution in [3.8, 4) is 0 Å². The Morgan fingerprint density at radius 1 is 1.02 bits per heavy atom. The lowest BCUT2D eigenvalue weighted by Crippen LogP contribution is -2.41. The molecule has 0 unspecified atom stereocenters. The molecule has 0 aromatic heterocycles. The number of carbonyl (C=O) groups excluding carboxylic acids is 2. The van der Waals surface area contributed by atoms with Crippen molar-refractivity contribution in [3.63, 3.8) is 0 Å². The second-order valence-corrected chi connectivity index (χ2v) is 12.2. The highest BCUT2D eigenvalue weighted by atomic mass is 16.6. The summed E-state index contributed by atoms with van der Waals surface area (Å²) < 4.78 is 11.3. The van der Waals surface area contributed by atoms with Gasteiger partial charge in [0.1, 0.15) is 12.2 Å². The summed E-state index contributed by atoms with van der Waals surface area (Å²) in [5.41, 5.74) is 0.569. The van der Waals surface area contributed by atoms with Gasteiger partial charge in [0.05, 0.1) is 30.0 Å². The van der Waals surface area contributed by atoms with E-state index >= 15 is 0 Å². The van der Waals surface area contributed by atoms with E-state index in [0.717, 1.165) is 24.8 Å². The van der Waals surface area contributed by atoms with Crippen LogP contribution in [0.25, 0.3) is 0 Å². The first-order chi connectivity index (χ1) is 18.6. The summed E-state index contributed by atoms with van der Waals surface area (Å²) >= 11 is 0. The summed E-state index contributed by atoms with van der Waals surface area (Å²) in [6.07, 6.45) is 5.95. The smallest absolute Gasteiger partial charge is 0.333 e. The first-order valence-corrected chi connectivity index (χ1v) is 14.5. The van der Waals surface area contributed by atoms with E-state index in [0.29, 0.717) is 23.5 Å². The van der Waals surface area contributed by atoms with E-state index in [4.69, 9.17) is 9.47 Å². The van der Waals surface area contributed by atoms with E-state index in [1.165, 1.54) is 0 Å². The molecule has 0 radical (unpaired) electrons. The zero-order valence-electron chi connectivity index (χ0n) is 25.0. The number of Topliss-reactive ketones (excluding diaryl/α,β-unsaturated/α-hetero) is 1. The van der Waals surface area contributed by atoms with Crippen molar-refractivity contribution in [3.05, 3.63) is 47.6 Å². The maximum Gasteiger partial charge on any atom is 0.333 e. The Balaban J connectivity index is 2.15. The molecular formula is C32H50O8. The van der Waals surface area contributed by atoms with Gasteiger partial charge in [-0.1, -0.05) is 50.3 Å². The van der Waals surface area contributed by atoms with Crippen LogP contribution in [0, 0.1) is 11.8 Å². The quantitative estimate of drug-likeness (QED) is 0.197. The molecule has 1 fully saturated rings. The zero-order chi connectivity index (χ0) is 30.2. The Bertz CT molecular complexity index is 977. The molecule has 2 rings (SSSR count). The van der Waals surface area contributed by atoms with Gasteiger partial charge in [-0.15, -0.1) is 0 Å². The lowest BCUT2D eigenvalue weighted by Gasteiger charge is -2.29. The van der Waals surface area contributed by atoms with Crippen LogP contribution in [-0.2, 0) is 19.1 Å². The monoisotopic (exact) mass is 562 g/mol. The van der Waals surface area contributed by atoms with E-state index in [9.17, 15) is 30.0 Å². The number of hydrogen-bond acceptors (Lipinski definition) is 8. The first-order valence-electron chi connectivity index (χ1n) is 14.5. The Morgan fingerprint density at radius 3 is 2.38 bits per heavy atom. The summed E-state index contributed by atoms with van der Waals surface area (Å²) in [7, 11) is 0. The number of ketones is 1. The fraction of sp³-hybridized carbons (Fsp3) is 0.688.